The molecule has 2 aliphatic rings. The highest BCUT2D eigenvalue weighted by Crippen LogP contribution is 2.42. The van der Waals surface area contributed by atoms with Crippen molar-refractivity contribution < 1.29 is 9.59 Å². The largest absolute Gasteiger partial charge is 0.349 e. The van der Waals surface area contributed by atoms with Crippen LogP contribution in [0.1, 0.15) is 60.0 Å². The average Bonchev–Trinajstić information content (AvgIpc) is 3.15. The van der Waals surface area contributed by atoms with Gasteiger partial charge in [-0.15, -0.1) is 0 Å². The van der Waals surface area contributed by atoms with Crippen LogP contribution in [0.3, 0.4) is 0 Å². The van der Waals surface area contributed by atoms with Crippen molar-refractivity contribution in [2.75, 3.05) is 4.90 Å². The number of halogens is 1. The quantitative estimate of drug-likeness (QED) is 0.282. The van der Waals surface area contributed by atoms with E-state index in [1.54, 1.807) is 4.90 Å². The first-order valence-electron chi connectivity index (χ1n) is 12.5. The Morgan fingerprint density at radius 1 is 0.972 bits per heavy atom. The molecule has 1 aliphatic carbocycles. The van der Waals surface area contributed by atoms with Crippen molar-refractivity contribution in [3.05, 3.63) is 99.4 Å². The van der Waals surface area contributed by atoms with Crippen LogP contribution in [0.5, 0.6) is 0 Å². The van der Waals surface area contributed by atoms with Crippen LogP contribution in [0.25, 0.3) is 6.08 Å². The Bertz CT molecular complexity index is 1280. The van der Waals surface area contributed by atoms with Gasteiger partial charge in [0.15, 0.2) is 0 Å². The van der Waals surface area contributed by atoms with Crippen LogP contribution in [0.15, 0.2) is 82.6 Å². The normalized spacial score (nSPS) is 17.5. The van der Waals surface area contributed by atoms with E-state index in [2.05, 4.69) is 5.32 Å². The van der Waals surface area contributed by atoms with E-state index in [9.17, 15) is 9.59 Å². The first kappa shape index (κ1) is 24.7. The molecule has 1 fully saturated rings. The molecule has 1 aliphatic heterocycles. The summed E-state index contributed by atoms with van der Waals surface area (Å²) >= 11 is 7.66. The number of nitrogens with one attached hydrogen (secondary N) is 1. The van der Waals surface area contributed by atoms with Gasteiger partial charge in [0, 0.05) is 21.5 Å². The molecule has 0 radical (unpaired) electrons. The van der Waals surface area contributed by atoms with Crippen LogP contribution in [-0.4, -0.2) is 17.9 Å². The van der Waals surface area contributed by atoms with Gasteiger partial charge >= 0.3 is 0 Å². The Hall–Kier alpha value is -3.02. The van der Waals surface area contributed by atoms with Gasteiger partial charge < -0.3 is 10.2 Å². The fourth-order valence-electron chi connectivity index (χ4n) is 4.81. The number of anilines is 1. The zero-order valence-electron chi connectivity index (χ0n) is 20.1. The van der Waals surface area contributed by atoms with E-state index in [1.165, 1.54) is 37.4 Å². The zero-order valence-corrected chi connectivity index (χ0v) is 21.7. The molecule has 3 aromatic rings. The molecule has 1 heterocycles. The molecule has 2 amide bonds. The fourth-order valence-corrected chi connectivity index (χ4v) is 6.08. The van der Waals surface area contributed by atoms with Gasteiger partial charge in [-0.25, -0.2) is 0 Å². The molecule has 0 atom stereocenters. The third kappa shape index (κ3) is 5.85. The van der Waals surface area contributed by atoms with Gasteiger partial charge in [-0.3, -0.25) is 9.59 Å². The second kappa shape index (κ2) is 11.4. The van der Waals surface area contributed by atoms with Crippen LogP contribution in [0.4, 0.5) is 5.69 Å². The predicted octanol–water partition coefficient (Wildman–Crippen LogP) is 7.47. The number of amides is 2. The molecule has 6 heteroatoms. The smallest absolute Gasteiger partial charge is 0.265 e. The van der Waals surface area contributed by atoms with Gasteiger partial charge in [-0.2, -0.15) is 0 Å². The number of benzene rings is 3. The van der Waals surface area contributed by atoms with E-state index in [0.717, 1.165) is 34.6 Å². The summed E-state index contributed by atoms with van der Waals surface area (Å²) in [4.78, 5) is 29.8. The highest BCUT2D eigenvalue weighted by Gasteiger charge is 2.29. The van der Waals surface area contributed by atoms with Crippen molar-refractivity contribution in [3.63, 3.8) is 0 Å². The lowest BCUT2D eigenvalue weighted by Crippen LogP contribution is -2.34. The lowest BCUT2D eigenvalue weighted by Gasteiger charge is -2.30. The van der Waals surface area contributed by atoms with Gasteiger partial charge in [0.05, 0.1) is 17.1 Å². The van der Waals surface area contributed by atoms with Gasteiger partial charge in [-0.1, -0.05) is 85.4 Å². The highest BCUT2D eigenvalue weighted by molar-refractivity contribution is 8.04. The number of fused-ring (bicyclic) bond motifs is 1. The van der Waals surface area contributed by atoms with Crippen LogP contribution in [0, 0.1) is 0 Å². The number of para-hydroxylation sites is 1. The number of hydrogen-bond acceptors (Lipinski definition) is 3. The van der Waals surface area contributed by atoms with Crippen molar-refractivity contribution in [1.82, 2.24) is 5.32 Å². The van der Waals surface area contributed by atoms with Crippen molar-refractivity contribution in [2.24, 2.45) is 0 Å². The summed E-state index contributed by atoms with van der Waals surface area (Å²) in [6.07, 6.45) is 8.90. The van der Waals surface area contributed by atoms with Gasteiger partial charge in [-0.05, 0) is 66.4 Å². The lowest BCUT2D eigenvalue weighted by atomic mass is 10.1. The predicted molar refractivity (Wildman–Crippen MR) is 148 cm³/mol. The van der Waals surface area contributed by atoms with Crippen LogP contribution in [-0.2, 0) is 11.3 Å². The van der Waals surface area contributed by atoms with Crippen LogP contribution in [0.2, 0.25) is 5.02 Å². The molecular weight excluding hydrogens is 488 g/mol. The molecule has 1 N–H and O–H groups in total. The zero-order chi connectivity index (χ0) is 24.9. The van der Waals surface area contributed by atoms with Gasteiger partial charge in [0.1, 0.15) is 0 Å². The topological polar surface area (TPSA) is 49.4 Å². The fraction of sp³-hybridized carbons (Fsp3) is 0.267. The summed E-state index contributed by atoms with van der Waals surface area (Å²) in [5, 5.41) is 3.85. The molecule has 1 saturated carbocycles. The molecule has 0 bridgehead atoms. The maximum absolute atomic E-state index is 13.5. The van der Waals surface area contributed by atoms with Gasteiger partial charge in [0.25, 0.3) is 11.8 Å². The summed E-state index contributed by atoms with van der Waals surface area (Å²) in [7, 11) is 0. The van der Waals surface area contributed by atoms with E-state index in [0.29, 0.717) is 22.0 Å². The van der Waals surface area contributed by atoms with Crippen LogP contribution < -0.4 is 10.2 Å². The second-order valence-corrected chi connectivity index (χ2v) is 10.9. The number of hydrogen-bond donors (Lipinski definition) is 1. The summed E-state index contributed by atoms with van der Waals surface area (Å²) in [6.45, 7) is 0.439. The highest BCUT2D eigenvalue weighted by atomic mass is 35.5. The Balaban J connectivity index is 1.34. The number of thioether (sulfide) groups is 1. The molecular formula is C30H29ClN2O2S. The molecule has 0 saturated heterocycles. The summed E-state index contributed by atoms with van der Waals surface area (Å²) in [5.74, 6) is -0.0697. The average molecular weight is 517 g/mol. The molecule has 36 heavy (non-hydrogen) atoms. The number of rotatable bonds is 5. The molecule has 4 nitrogen and oxygen atoms in total. The molecule has 0 aromatic heterocycles. The summed E-state index contributed by atoms with van der Waals surface area (Å²) < 4.78 is 0. The molecule has 0 spiro atoms. The van der Waals surface area contributed by atoms with E-state index in [1.807, 2.05) is 78.9 Å². The molecule has 0 unspecified atom stereocenters. The third-order valence-electron chi connectivity index (χ3n) is 6.72. The molecule has 184 valence electrons. The Labute approximate surface area is 221 Å². The minimum Gasteiger partial charge on any atom is -0.349 e. The number of carbonyl (C=O) groups is 2. The monoisotopic (exact) mass is 516 g/mol. The van der Waals surface area contributed by atoms with Crippen LogP contribution >= 0.6 is 23.4 Å². The first-order chi connectivity index (χ1) is 17.6. The Morgan fingerprint density at radius 3 is 2.47 bits per heavy atom. The van der Waals surface area contributed by atoms with Crippen molar-refractivity contribution in [3.8, 4) is 0 Å². The van der Waals surface area contributed by atoms with Crippen molar-refractivity contribution >= 4 is 46.9 Å². The maximum Gasteiger partial charge on any atom is 0.265 e. The molecule has 3 aromatic carbocycles. The standard InChI is InChI=1S/C30H29ClN2O2S/c31-24-9-7-8-22(18-24)20-33-26-12-5-6-13-27(26)36-28(30(33)35)19-21-14-16-23(17-15-21)29(34)32-25-10-3-1-2-4-11-25/h5-9,12-19,25H,1-4,10-11,20H2,(H,32,34)/b28-19+. The van der Waals surface area contributed by atoms with Gasteiger partial charge in [0.2, 0.25) is 0 Å². The summed E-state index contributed by atoms with van der Waals surface area (Å²) in [6, 6.07) is 23.3. The van der Waals surface area contributed by atoms with E-state index in [-0.39, 0.29) is 17.9 Å². The number of nitrogens with zero attached hydrogens (tertiary/aromatic N) is 1. The van der Waals surface area contributed by atoms with E-state index in [4.69, 9.17) is 11.6 Å². The SMILES string of the molecule is O=C(NC1CCCCCC1)c1ccc(/C=C2/Sc3ccccc3N(Cc3cccc(Cl)c3)C2=O)cc1. The minimum absolute atomic E-state index is 0.0224. The number of carbonyl (C=O) groups excluding carboxylic acids is 2. The van der Waals surface area contributed by atoms with Crippen molar-refractivity contribution in [2.45, 2.75) is 56.0 Å². The maximum atomic E-state index is 13.5. The Kier molecular flexibility index (Phi) is 7.78. The second-order valence-electron chi connectivity index (χ2n) is 9.38. The van der Waals surface area contributed by atoms with E-state index >= 15 is 0 Å². The first-order valence-corrected chi connectivity index (χ1v) is 13.7. The third-order valence-corrected chi connectivity index (χ3v) is 8.04. The minimum atomic E-state index is -0.0474. The summed E-state index contributed by atoms with van der Waals surface area (Å²) in [5.41, 5.74) is 3.41. The van der Waals surface area contributed by atoms with Crippen molar-refractivity contribution in [1.29, 1.82) is 0 Å². The Morgan fingerprint density at radius 2 is 1.72 bits per heavy atom. The molecule has 5 rings (SSSR count). The van der Waals surface area contributed by atoms with E-state index < -0.39 is 0 Å². The lowest BCUT2D eigenvalue weighted by molar-refractivity contribution is -0.114.